The molecule has 6 nitrogen and oxygen atoms in total. The van der Waals surface area contributed by atoms with E-state index in [2.05, 4.69) is 4.98 Å². The van der Waals surface area contributed by atoms with Crippen molar-refractivity contribution in [3.05, 3.63) is 76.4 Å². The fraction of sp³-hybridized carbons (Fsp3) is 0.0952. The zero-order valence-electron chi connectivity index (χ0n) is 15.2. The quantitative estimate of drug-likeness (QED) is 0.453. The van der Waals surface area contributed by atoms with E-state index in [-0.39, 0.29) is 18.8 Å². The topological polar surface area (TPSA) is 86.7 Å². The molecule has 8 heteroatoms. The molecular weight excluding hydrogens is 410 g/mol. The third kappa shape index (κ3) is 4.16. The lowest BCUT2D eigenvalue weighted by molar-refractivity contribution is -0.117. The Kier molecular flexibility index (Phi) is 5.33. The van der Waals surface area contributed by atoms with Crippen LogP contribution in [0.4, 0.5) is 0 Å². The Morgan fingerprint density at radius 3 is 2.72 bits per heavy atom. The van der Waals surface area contributed by atoms with Crippen molar-refractivity contribution in [1.29, 1.82) is 0 Å². The van der Waals surface area contributed by atoms with Gasteiger partial charge in [0.2, 0.25) is 5.91 Å². The van der Waals surface area contributed by atoms with Crippen molar-refractivity contribution in [3.8, 4) is 16.3 Å². The van der Waals surface area contributed by atoms with Gasteiger partial charge in [-0.1, -0.05) is 17.7 Å². The molecule has 0 saturated heterocycles. The monoisotopic (exact) mass is 425 g/mol. The normalized spacial score (nSPS) is 10.9. The number of aromatic nitrogens is 2. The second-order valence-corrected chi connectivity index (χ2v) is 7.91. The van der Waals surface area contributed by atoms with Crippen LogP contribution in [0, 0.1) is 0 Å². The summed E-state index contributed by atoms with van der Waals surface area (Å²) in [5.41, 5.74) is 7.57. The molecular formula is C21H16ClN3O3S. The van der Waals surface area contributed by atoms with Crippen molar-refractivity contribution in [2.75, 3.05) is 6.61 Å². The van der Waals surface area contributed by atoms with Crippen molar-refractivity contribution in [2.45, 2.75) is 6.42 Å². The number of hydrogen-bond acceptors (Lipinski definition) is 5. The number of Topliss-reactive ketones (excluding diaryl/α,β-unsaturated/α-hetero) is 1. The van der Waals surface area contributed by atoms with Gasteiger partial charge in [-0.2, -0.15) is 0 Å². The number of ketones is 1. The second-order valence-electron chi connectivity index (χ2n) is 6.33. The SMILES string of the molecule is NC(=O)Cc1sc(-c2cnc3ccccn23)cc1OCC(=O)c1ccc(Cl)cc1. The van der Waals surface area contributed by atoms with Crippen molar-refractivity contribution >= 4 is 40.3 Å². The summed E-state index contributed by atoms with van der Waals surface area (Å²) in [6, 6.07) is 14.2. The van der Waals surface area contributed by atoms with Crippen molar-refractivity contribution < 1.29 is 14.3 Å². The maximum Gasteiger partial charge on any atom is 0.222 e. The molecule has 0 radical (unpaired) electrons. The molecule has 4 rings (SSSR count). The molecule has 3 heterocycles. The molecule has 0 unspecified atom stereocenters. The van der Waals surface area contributed by atoms with E-state index in [0.717, 1.165) is 16.2 Å². The summed E-state index contributed by atoms with van der Waals surface area (Å²) in [6.45, 7) is -0.156. The first-order valence-corrected chi connectivity index (χ1v) is 9.96. The zero-order chi connectivity index (χ0) is 20.4. The minimum absolute atomic E-state index is 0.0336. The molecule has 0 spiro atoms. The van der Waals surface area contributed by atoms with E-state index in [4.69, 9.17) is 22.1 Å². The maximum atomic E-state index is 12.4. The highest BCUT2D eigenvalue weighted by Gasteiger charge is 2.17. The summed E-state index contributed by atoms with van der Waals surface area (Å²) in [4.78, 5) is 29.8. The van der Waals surface area contributed by atoms with Gasteiger partial charge in [0.1, 0.15) is 11.4 Å². The van der Waals surface area contributed by atoms with E-state index in [1.807, 2.05) is 34.9 Å². The molecule has 2 N–H and O–H groups in total. The fourth-order valence-corrected chi connectivity index (χ4v) is 4.17. The fourth-order valence-electron chi connectivity index (χ4n) is 2.92. The van der Waals surface area contributed by atoms with Gasteiger partial charge in [-0.25, -0.2) is 4.98 Å². The number of rotatable bonds is 7. The second kappa shape index (κ2) is 8.06. The minimum Gasteiger partial charge on any atom is -0.484 e. The highest BCUT2D eigenvalue weighted by atomic mass is 35.5. The standard InChI is InChI=1S/C21H16ClN3O3S/c22-14-6-4-13(5-7-14)16(26)12-28-17-9-18(29-19(17)10-20(23)27)15-11-24-21-3-1-2-8-25(15)21/h1-9,11H,10,12H2,(H2,23,27). The number of thiophene rings is 1. The number of fused-ring (bicyclic) bond motifs is 1. The van der Waals surface area contributed by atoms with Crippen LogP contribution in [0.15, 0.2) is 60.9 Å². The number of hydrogen-bond donors (Lipinski definition) is 1. The average molecular weight is 426 g/mol. The van der Waals surface area contributed by atoms with Crippen LogP contribution in [0.25, 0.3) is 16.2 Å². The van der Waals surface area contributed by atoms with Crippen molar-refractivity contribution in [3.63, 3.8) is 0 Å². The molecule has 1 amide bonds. The van der Waals surface area contributed by atoms with E-state index >= 15 is 0 Å². The lowest BCUT2D eigenvalue weighted by Crippen LogP contribution is -2.15. The van der Waals surface area contributed by atoms with Gasteiger partial charge >= 0.3 is 0 Å². The highest BCUT2D eigenvalue weighted by Crippen LogP contribution is 2.37. The number of carbonyl (C=O) groups is 2. The molecule has 4 aromatic rings. The number of imidazole rings is 1. The summed E-state index contributed by atoms with van der Waals surface area (Å²) < 4.78 is 7.71. The molecule has 0 saturated carbocycles. The molecule has 0 aliphatic heterocycles. The maximum absolute atomic E-state index is 12.4. The molecule has 0 bridgehead atoms. The number of nitrogens with two attached hydrogens (primary N) is 1. The summed E-state index contributed by atoms with van der Waals surface area (Å²) in [6.07, 6.45) is 3.71. The van der Waals surface area contributed by atoms with E-state index in [1.54, 1.807) is 30.5 Å². The average Bonchev–Trinajstić information content (AvgIpc) is 3.30. The molecule has 0 aliphatic rings. The Labute approximate surface area is 175 Å². The number of nitrogens with zero attached hydrogens (tertiary/aromatic N) is 2. The lowest BCUT2D eigenvalue weighted by atomic mass is 10.1. The zero-order valence-corrected chi connectivity index (χ0v) is 16.7. The van der Waals surface area contributed by atoms with Crippen LogP contribution in [0.3, 0.4) is 0 Å². The van der Waals surface area contributed by atoms with Crippen LogP contribution >= 0.6 is 22.9 Å². The van der Waals surface area contributed by atoms with E-state index < -0.39 is 5.91 Å². The van der Waals surface area contributed by atoms with Gasteiger partial charge in [-0.3, -0.25) is 14.0 Å². The summed E-state index contributed by atoms with van der Waals surface area (Å²) in [5.74, 6) is -0.184. The minimum atomic E-state index is -0.467. The van der Waals surface area contributed by atoms with Crippen LogP contribution in [0.5, 0.6) is 5.75 Å². The van der Waals surface area contributed by atoms with Gasteiger partial charge in [0.05, 0.1) is 28.1 Å². The Morgan fingerprint density at radius 1 is 1.17 bits per heavy atom. The van der Waals surface area contributed by atoms with Gasteiger partial charge in [0.15, 0.2) is 12.4 Å². The number of pyridine rings is 1. The molecule has 0 atom stereocenters. The predicted molar refractivity (Wildman–Crippen MR) is 113 cm³/mol. The smallest absolute Gasteiger partial charge is 0.222 e. The Hall–Kier alpha value is -3.16. The van der Waals surface area contributed by atoms with E-state index in [1.165, 1.54) is 11.3 Å². The number of halogens is 1. The van der Waals surface area contributed by atoms with E-state index in [9.17, 15) is 9.59 Å². The highest BCUT2D eigenvalue weighted by molar-refractivity contribution is 7.15. The van der Waals surface area contributed by atoms with Gasteiger partial charge in [0, 0.05) is 22.8 Å². The number of primary amides is 1. The molecule has 29 heavy (non-hydrogen) atoms. The summed E-state index contributed by atoms with van der Waals surface area (Å²) in [7, 11) is 0. The Bertz CT molecular complexity index is 1200. The van der Waals surface area contributed by atoms with Crippen LogP contribution < -0.4 is 10.5 Å². The van der Waals surface area contributed by atoms with Gasteiger partial charge in [0.25, 0.3) is 0 Å². The molecule has 0 aliphatic carbocycles. The van der Waals surface area contributed by atoms with Gasteiger partial charge in [-0.15, -0.1) is 11.3 Å². The number of carbonyl (C=O) groups excluding carboxylic acids is 2. The first-order chi connectivity index (χ1) is 14.0. The molecule has 1 aromatic carbocycles. The van der Waals surface area contributed by atoms with Crippen LogP contribution in [-0.2, 0) is 11.2 Å². The molecule has 0 fully saturated rings. The van der Waals surface area contributed by atoms with Gasteiger partial charge in [-0.05, 0) is 36.4 Å². The number of amides is 1. The van der Waals surface area contributed by atoms with Gasteiger partial charge < -0.3 is 10.5 Å². The largest absolute Gasteiger partial charge is 0.484 e. The third-order valence-corrected chi connectivity index (χ3v) is 5.69. The summed E-state index contributed by atoms with van der Waals surface area (Å²) >= 11 is 7.25. The first-order valence-electron chi connectivity index (χ1n) is 8.76. The number of ether oxygens (including phenoxy) is 1. The third-order valence-electron chi connectivity index (χ3n) is 4.30. The number of benzene rings is 1. The van der Waals surface area contributed by atoms with Crippen LogP contribution in [-0.4, -0.2) is 27.7 Å². The lowest BCUT2D eigenvalue weighted by Gasteiger charge is -2.06. The van der Waals surface area contributed by atoms with Crippen LogP contribution in [0.2, 0.25) is 5.02 Å². The Balaban J connectivity index is 1.61. The predicted octanol–water partition coefficient (Wildman–Crippen LogP) is 4.01. The van der Waals surface area contributed by atoms with Crippen molar-refractivity contribution in [1.82, 2.24) is 9.38 Å². The summed E-state index contributed by atoms with van der Waals surface area (Å²) in [5, 5.41) is 0.557. The molecule has 146 valence electrons. The Morgan fingerprint density at radius 2 is 1.97 bits per heavy atom. The first kappa shape index (κ1) is 19.2. The van der Waals surface area contributed by atoms with Crippen molar-refractivity contribution in [2.24, 2.45) is 5.73 Å². The molecule has 3 aromatic heterocycles. The van der Waals surface area contributed by atoms with E-state index in [0.29, 0.717) is 21.2 Å². The van der Waals surface area contributed by atoms with Crippen LogP contribution in [0.1, 0.15) is 15.2 Å².